The number of aryl methyl sites for hydroxylation is 2. The molecule has 30 heavy (non-hydrogen) atoms. The molecule has 158 valence electrons. The van der Waals surface area contributed by atoms with Crippen molar-refractivity contribution in [2.45, 2.75) is 33.1 Å². The average Bonchev–Trinajstić information content (AvgIpc) is 2.73. The van der Waals surface area contributed by atoms with E-state index in [1.165, 1.54) is 0 Å². The van der Waals surface area contributed by atoms with Gasteiger partial charge in [-0.15, -0.1) is 0 Å². The van der Waals surface area contributed by atoms with Crippen LogP contribution in [0.15, 0.2) is 48.5 Å². The lowest BCUT2D eigenvalue weighted by Crippen LogP contribution is -2.41. The first-order valence-electron chi connectivity index (χ1n) is 9.52. The zero-order chi connectivity index (χ0) is 21.9. The minimum absolute atomic E-state index is 0.0170. The van der Waals surface area contributed by atoms with Crippen molar-refractivity contribution in [1.82, 2.24) is 10.9 Å². The second-order valence-electron chi connectivity index (χ2n) is 6.75. The van der Waals surface area contributed by atoms with Crippen molar-refractivity contribution in [3.63, 3.8) is 0 Å². The first-order valence-corrected chi connectivity index (χ1v) is 9.52. The van der Waals surface area contributed by atoms with Crippen molar-refractivity contribution in [3.05, 3.63) is 65.2 Å². The van der Waals surface area contributed by atoms with E-state index in [2.05, 4.69) is 16.2 Å². The van der Waals surface area contributed by atoms with Gasteiger partial charge in [0.05, 0.1) is 0 Å². The molecule has 0 saturated carbocycles. The Morgan fingerprint density at radius 3 is 2.30 bits per heavy atom. The van der Waals surface area contributed by atoms with Crippen molar-refractivity contribution in [2.75, 3.05) is 11.9 Å². The molecule has 0 radical (unpaired) electrons. The lowest BCUT2D eigenvalue weighted by molar-refractivity contribution is -0.147. The fraction of sp³-hybridized carbons (Fsp3) is 0.273. The van der Waals surface area contributed by atoms with E-state index in [1.54, 1.807) is 36.4 Å². The van der Waals surface area contributed by atoms with Crippen LogP contribution in [0.2, 0.25) is 0 Å². The Bertz CT molecular complexity index is 912. The molecule has 0 atom stereocenters. The van der Waals surface area contributed by atoms with Crippen LogP contribution in [0.3, 0.4) is 0 Å². The standard InChI is InChI=1S/C22H25N3O5/c1-15-11-12-18(16(2)13-15)23-20(27)14-30-21(28)10-6-9-19(26)24-25-22(29)17-7-4-3-5-8-17/h3-5,7-8,11-13H,6,9-10,14H2,1-2H3,(H,23,27)(H,24,26)(H,25,29). The van der Waals surface area contributed by atoms with Gasteiger partial charge in [0.25, 0.3) is 11.8 Å². The highest BCUT2D eigenvalue weighted by atomic mass is 16.5. The van der Waals surface area contributed by atoms with Crippen LogP contribution in [0.25, 0.3) is 0 Å². The molecular weight excluding hydrogens is 386 g/mol. The van der Waals surface area contributed by atoms with E-state index in [-0.39, 0.29) is 19.3 Å². The first-order chi connectivity index (χ1) is 14.3. The summed E-state index contributed by atoms with van der Waals surface area (Å²) < 4.78 is 4.93. The third kappa shape index (κ3) is 7.75. The van der Waals surface area contributed by atoms with Gasteiger partial charge in [0.1, 0.15) is 0 Å². The van der Waals surface area contributed by atoms with Gasteiger partial charge in [-0.25, -0.2) is 0 Å². The number of nitrogens with one attached hydrogen (secondary N) is 3. The Balaban J connectivity index is 1.60. The molecule has 0 bridgehead atoms. The molecule has 0 aliphatic heterocycles. The number of benzene rings is 2. The number of carbonyl (C=O) groups excluding carboxylic acids is 4. The number of amides is 3. The summed E-state index contributed by atoms with van der Waals surface area (Å²) in [6.07, 6.45) is 0.236. The maximum absolute atomic E-state index is 11.9. The van der Waals surface area contributed by atoms with Gasteiger partial charge in [-0.2, -0.15) is 0 Å². The summed E-state index contributed by atoms with van der Waals surface area (Å²) in [4.78, 5) is 47.2. The molecular formula is C22H25N3O5. The van der Waals surface area contributed by atoms with Gasteiger partial charge in [-0.1, -0.05) is 35.9 Å². The highest BCUT2D eigenvalue weighted by Crippen LogP contribution is 2.15. The molecule has 2 aromatic rings. The Labute approximate surface area is 175 Å². The summed E-state index contributed by atoms with van der Waals surface area (Å²) in [5.41, 5.74) is 7.67. The largest absolute Gasteiger partial charge is 0.456 e. The van der Waals surface area contributed by atoms with E-state index in [9.17, 15) is 19.2 Å². The fourth-order valence-electron chi connectivity index (χ4n) is 2.60. The molecule has 0 unspecified atom stereocenters. The van der Waals surface area contributed by atoms with Crippen molar-refractivity contribution >= 4 is 29.4 Å². The van der Waals surface area contributed by atoms with Crippen LogP contribution in [0.1, 0.15) is 40.7 Å². The second kappa shape index (κ2) is 11.4. The molecule has 0 aliphatic rings. The molecule has 3 amide bonds. The number of anilines is 1. The van der Waals surface area contributed by atoms with Gasteiger partial charge in [0.2, 0.25) is 5.91 Å². The van der Waals surface area contributed by atoms with Crippen molar-refractivity contribution in [3.8, 4) is 0 Å². The highest BCUT2D eigenvalue weighted by Gasteiger charge is 2.11. The molecule has 0 heterocycles. The molecule has 0 aromatic heterocycles. The summed E-state index contributed by atoms with van der Waals surface area (Å²) in [6.45, 7) is 3.44. The van der Waals surface area contributed by atoms with Crippen LogP contribution < -0.4 is 16.2 Å². The van der Waals surface area contributed by atoms with Crippen molar-refractivity contribution in [2.24, 2.45) is 0 Å². The van der Waals surface area contributed by atoms with Crippen LogP contribution in [0.5, 0.6) is 0 Å². The van der Waals surface area contributed by atoms with Crippen LogP contribution in [0, 0.1) is 13.8 Å². The lowest BCUT2D eigenvalue weighted by atomic mass is 10.1. The Kier molecular flexibility index (Phi) is 8.56. The number of hydrogen-bond donors (Lipinski definition) is 3. The summed E-state index contributed by atoms with van der Waals surface area (Å²) in [5, 5.41) is 2.69. The summed E-state index contributed by atoms with van der Waals surface area (Å²) in [5.74, 6) is -1.87. The quantitative estimate of drug-likeness (QED) is 0.456. The maximum Gasteiger partial charge on any atom is 0.306 e. The van der Waals surface area contributed by atoms with Crippen LogP contribution >= 0.6 is 0 Å². The highest BCUT2D eigenvalue weighted by molar-refractivity contribution is 5.95. The van der Waals surface area contributed by atoms with Crippen molar-refractivity contribution < 1.29 is 23.9 Å². The number of esters is 1. The van der Waals surface area contributed by atoms with E-state index < -0.39 is 30.3 Å². The van der Waals surface area contributed by atoms with E-state index in [1.807, 2.05) is 26.0 Å². The minimum atomic E-state index is -0.577. The topological polar surface area (TPSA) is 114 Å². The molecule has 0 aliphatic carbocycles. The first kappa shape index (κ1) is 22.6. The summed E-state index contributed by atoms with van der Waals surface area (Å²) in [6, 6.07) is 14.1. The number of carbonyl (C=O) groups is 4. The SMILES string of the molecule is Cc1ccc(NC(=O)COC(=O)CCCC(=O)NNC(=O)c2ccccc2)c(C)c1. The number of rotatable bonds is 8. The Hall–Kier alpha value is -3.68. The van der Waals surface area contributed by atoms with E-state index in [4.69, 9.17) is 4.74 Å². The summed E-state index contributed by atoms with van der Waals surface area (Å²) >= 11 is 0. The van der Waals surface area contributed by atoms with Crippen LogP contribution in [-0.4, -0.2) is 30.3 Å². The van der Waals surface area contributed by atoms with Gasteiger partial charge in [0.15, 0.2) is 6.61 Å². The fourth-order valence-corrected chi connectivity index (χ4v) is 2.60. The third-order valence-electron chi connectivity index (χ3n) is 4.16. The molecule has 0 fully saturated rings. The molecule has 2 rings (SSSR count). The number of hydrazine groups is 1. The van der Waals surface area contributed by atoms with Gasteiger partial charge in [-0.05, 0) is 44.0 Å². The lowest BCUT2D eigenvalue weighted by Gasteiger charge is -2.10. The molecule has 8 nitrogen and oxygen atoms in total. The smallest absolute Gasteiger partial charge is 0.306 e. The zero-order valence-corrected chi connectivity index (χ0v) is 17.0. The van der Waals surface area contributed by atoms with Gasteiger partial charge in [-0.3, -0.25) is 30.0 Å². The van der Waals surface area contributed by atoms with E-state index in [0.29, 0.717) is 11.3 Å². The molecule has 0 saturated heterocycles. The second-order valence-corrected chi connectivity index (χ2v) is 6.75. The van der Waals surface area contributed by atoms with E-state index >= 15 is 0 Å². The molecule has 2 aromatic carbocycles. The summed E-state index contributed by atoms with van der Waals surface area (Å²) in [7, 11) is 0. The molecule has 3 N–H and O–H groups in total. The third-order valence-corrected chi connectivity index (χ3v) is 4.16. The van der Waals surface area contributed by atoms with E-state index in [0.717, 1.165) is 11.1 Å². The normalized spacial score (nSPS) is 10.1. The predicted octanol–water partition coefficient (Wildman–Crippen LogP) is 2.42. The monoisotopic (exact) mass is 411 g/mol. The predicted molar refractivity (Wildman–Crippen MR) is 111 cm³/mol. The zero-order valence-electron chi connectivity index (χ0n) is 17.0. The molecule has 8 heteroatoms. The van der Waals surface area contributed by atoms with Crippen LogP contribution in [-0.2, 0) is 19.1 Å². The van der Waals surface area contributed by atoms with Gasteiger partial charge in [0, 0.05) is 24.1 Å². The Morgan fingerprint density at radius 1 is 0.867 bits per heavy atom. The van der Waals surface area contributed by atoms with Crippen molar-refractivity contribution in [1.29, 1.82) is 0 Å². The van der Waals surface area contributed by atoms with Gasteiger partial charge < -0.3 is 10.1 Å². The average molecular weight is 411 g/mol. The minimum Gasteiger partial charge on any atom is -0.456 e. The Morgan fingerprint density at radius 2 is 1.60 bits per heavy atom. The molecule has 0 spiro atoms. The number of ether oxygens (including phenoxy) is 1. The maximum atomic E-state index is 11.9. The van der Waals surface area contributed by atoms with Gasteiger partial charge >= 0.3 is 5.97 Å². The van der Waals surface area contributed by atoms with Crippen LogP contribution in [0.4, 0.5) is 5.69 Å². The number of hydrogen-bond acceptors (Lipinski definition) is 5.